The van der Waals surface area contributed by atoms with Gasteiger partial charge in [0.05, 0.1) is 34.5 Å². The van der Waals surface area contributed by atoms with Gasteiger partial charge in [-0.05, 0) is 69.5 Å². The van der Waals surface area contributed by atoms with Crippen molar-refractivity contribution >= 4 is 27.5 Å². The van der Waals surface area contributed by atoms with Crippen LogP contribution in [0.25, 0.3) is 5.70 Å². The molecule has 1 aliphatic rings. The Balaban J connectivity index is 2.19. The molecule has 1 amide bonds. The summed E-state index contributed by atoms with van der Waals surface area (Å²) < 4.78 is 71.8. The molecule has 0 heterocycles. The predicted molar refractivity (Wildman–Crippen MR) is 147 cm³/mol. The Morgan fingerprint density at radius 1 is 1.12 bits per heavy atom. The quantitative estimate of drug-likeness (QED) is 0.338. The van der Waals surface area contributed by atoms with Crippen molar-refractivity contribution in [2.45, 2.75) is 62.4 Å². The zero-order valence-corrected chi connectivity index (χ0v) is 24.2. The molecule has 1 fully saturated rings. The third-order valence-corrected chi connectivity index (χ3v) is 8.10. The zero-order chi connectivity index (χ0) is 31.0. The lowest BCUT2D eigenvalue weighted by Crippen LogP contribution is -2.39. The number of carbonyl (C=O) groups excluding carboxylic acids is 1. The molecule has 0 radical (unpaired) electrons. The van der Waals surface area contributed by atoms with E-state index >= 15 is 0 Å². The minimum absolute atomic E-state index is 0.0548. The van der Waals surface area contributed by atoms with Crippen molar-refractivity contribution in [2.24, 2.45) is 11.6 Å². The standard InChI is InChI=1S/C27H33F3N6O4S/c1-25(2,3)40-24(37)35(15-18-6-8-19(9-7-18)27(28,29)30)23-11-10-20(41(38,39)34(4)5)14-21(23)22(32)16-36(33)26(17-31)12-13-26/h6-11,14,16H,12-13,15,32-33H2,1-5H3/b22-16-. The molecule has 3 rings (SSSR count). The SMILES string of the molecule is CN(C)S(=O)(=O)c1ccc(N(Cc2ccc(C(F)(F)F)cc2)C(=O)OC(C)(C)C)c(/C(N)=C/N(N)C2(C#N)CC2)c1. The molecule has 222 valence electrons. The fourth-order valence-corrected chi connectivity index (χ4v) is 4.72. The van der Waals surface area contributed by atoms with E-state index in [1.54, 1.807) is 20.8 Å². The zero-order valence-electron chi connectivity index (χ0n) is 23.4. The van der Waals surface area contributed by atoms with E-state index in [-0.39, 0.29) is 28.4 Å². The normalized spacial score (nSPS) is 15.3. The van der Waals surface area contributed by atoms with E-state index in [2.05, 4.69) is 6.07 Å². The van der Waals surface area contributed by atoms with Crippen molar-refractivity contribution in [1.29, 1.82) is 5.26 Å². The first-order valence-corrected chi connectivity index (χ1v) is 13.9. The van der Waals surface area contributed by atoms with Crippen LogP contribution in [0.1, 0.15) is 50.3 Å². The van der Waals surface area contributed by atoms with Crippen LogP contribution in [-0.4, -0.2) is 49.1 Å². The van der Waals surface area contributed by atoms with Crippen LogP contribution in [0, 0.1) is 11.3 Å². The van der Waals surface area contributed by atoms with Gasteiger partial charge in [0.25, 0.3) is 0 Å². The molecule has 4 N–H and O–H groups in total. The van der Waals surface area contributed by atoms with Gasteiger partial charge in [0.15, 0.2) is 0 Å². The summed E-state index contributed by atoms with van der Waals surface area (Å²) >= 11 is 0. The fraction of sp³-hybridized carbons (Fsp3) is 0.407. The molecule has 2 aromatic rings. The van der Waals surface area contributed by atoms with E-state index in [1.807, 2.05) is 0 Å². The van der Waals surface area contributed by atoms with Gasteiger partial charge in [-0.2, -0.15) is 18.4 Å². The molecular formula is C27H33F3N6O4S. The maximum atomic E-state index is 13.5. The van der Waals surface area contributed by atoms with Crippen LogP contribution in [-0.2, 0) is 27.5 Å². The highest BCUT2D eigenvalue weighted by atomic mass is 32.2. The first-order valence-electron chi connectivity index (χ1n) is 12.5. The van der Waals surface area contributed by atoms with Crippen LogP contribution in [0.5, 0.6) is 0 Å². The van der Waals surface area contributed by atoms with Crippen molar-refractivity contribution in [1.82, 2.24) is 9.31 Å². The minimum atomic E-state index is -4.54. The van der Waals surface area contributed by atoms with Gasteiger partial charge >= 0.3 is 12.3 Å². The van der Waals surface area contributed by atoms with Gasteiger partial charge in [-0.15, -0.1) is 0 Å². The summed E-state index contributed by atoms with van der Waals surface area (Å²) in [5.41, 5.74) is 4.13. The molecule has 0 bridgehead atoms. The fourth-order valence-electron chi connectivity index (χ4n) is 3.79. The molecule has 14 heteroatoms. The number of sulfonamides is 1. The highest BCUT2D eigenvalue weighted by Gasteiger charge is 2.47. The Morgan fingerprint density at radius 3 is 2.17 bits per heavy atom. The van der Waals surface area contributed by atoms with Crippen molar-refractivity contribution in [2.75, 3.05) is 19.0 Å². The van der Waals surface area contributed by atoms with Gasteiger partial charge in [-0.3, -0.25) is 9.91 Å². The Bertz CT molecular complexity index is 1470. The number of hydrogen-bond donors (Lipinski definition) is 2. The molecule has 2 aromatic carbocycles. The van der Waals surface area contributed by atoms with Crippen LogP contribution in [0.4, 0.5) is 23.7 Å². The number of halogens is 3. The number of nitrogens with two attached hydrogens (primary N) is 2. The second-order valence-electron chi connectivity index (χ2n) is 10.9. The van der Waals surface area contributed by atoms with Gasteiger partial charge in [0.1, 0.15) is 11.1 Å². The average molecular weight is 595 g/mol. The number of benzene rings is 2. The van der Waals surface area contributed by atoms with Gasteiger partial charge in [0.2, 0.25) is 10.0 Å². The number of alkyl halides is 3. The van der Waals surface area contributed by atoms with Crippen LogP contribution >= 0.6 is 0 Å². The molecular weight excluding hydrogens is 561 g/mol. The monoisotopic (exact) mass is 594 g/mol. The summed E-state index contributed by atoms with van der Waals surface area (Å²) in [6.07, 6.45) is -3.10. The highest BCUT2D eigenvalue weighted by molar-refractivity contribution is 7.89. The molecule has 1 saturated carbocycles. The molecule has 0 atom stereocenters. The summed E-state index contributed by atoms with van der Waals surface area (Å²) in [6, 6.07) is 10.3. The summed E-state index contributed by atoms with van der Waals surface area (Å²) in [6.45, 7) is 4.70. The number of hydrogen-bond acceptors (Lipinski definition) is 8. The average Bonchev–Trinajstić information content (AvgIpc) is 3.67. The van der Waals surface area contributed by atoms with Gasteiger partial charge in [-0.25, -0.2) is 23.4 Å². The number of rotatable bonds is 8. The maximum absolute atomic E-state index is 13.5. The van der Waals surface area contributed by atoms with Crippen LogP contribution in [0.15, 0.2) is 53.6 Å². The van der Waals surface area contributed by atoms with Crippen molar-refractivity contribution in [3.8, 4) is 6.07 Å². The molecule has 41 heavy (non-hydrogen) atoms. The van der Waals surface area contributed by atoms with E-state index in [0.717, 1.165) is 26.3 Å². The van der Waals surface area contributed by atoms with Crippen LogP contribution in [0.3, 0.4) is 0 Å². The topological polar surface area (TPSA) is 146 Å². The largest absolute Gasteiger partial charge is 0.443 e. The smallest absolute Gasteiger partial charge is 0.416 e. The molecule has 0 saturated heterocycles. The lowest BCUT2D eigenvalue weighted by molar-refractivity contribution is -0.137. The lowest BCUT2D eigenvalue weighted by Gasteiger charge is -2.30. The Morgan fingerprint density at radius 2 is 1.71 bits per heavy atom. The number of hydrazine groups is 1. The number of anilines is 1. The van der Waals surface area contributed by atoms with Crippen LogP contribution in [0.2, 0.25) is 0 Å². The molecule has 0 aromatic heterocycles. The molecule has 0 spiro atoms. The highest BCUT2D eigenvalue weighted by Crippen LogP contribution is 2.40. The number of ether oxygens (including phenoxy) is 1. The lowest BCUT2D eigenvalue weighted by atomic mass is 10.1. The third-order valence-electron chi connectivity index (χ3n) is 6.29. The van der Waals surface area contributed by atoms with Crippen molar-refractivity contribution < 1.29 is 31.1 Å². The molecule has 1 aliphatic carbocycles. The van der Waals surface area contributed by atoms with Gasteiger partial charge in [-0.1, -0.05) is 12.1 Å². The second-order valence-corrected chi connectivity index (χ2v) is 13.0. The second kappa shape index (κ2) is 11.2. The Kier molecular flexibility index (Phi) is 8.69. The number of carbonyl (C=O) groups is 1. The van der Waals surface area contributed by atoms with Gasteiger partial charge < -0.3 is 10.5 Å². The number of nitriles is 1. The van der Waals surface area contributed by atoms with Crippen molar-refractivity contribution in [3.63, 3.8) is 0 Å². The third kappa shape index (κ3) is 7.29. The Hall–Kier alpha value is -3.80. The Labute approximate surface area is 237 Å². The van der Waals surface area contributed by atoms with Crippen molar-refractivity contribution in [3.05, 3.63) is 65.4 Å². The van der Waals surface area contributed by atoms with E-state index in [4.69, 9.17) is 16.3 Å². The van der Waals surface area contributed by atoms with E-state index < -0.39 is 39.0 Å². The minimum Gasteiger partial charge on any atom is -0.443 e. The first kappa shape index (κ1) is 31.7. The number of amides is 1. The van der Waals surface area contributed by atoms with Gasteiger partial charge in [0, 0.05) is 25.9 Å². The molecule has 0 unspecified atom stereocenters. The molecule has 0 aliphatic heterocycles. The summed E-state index contributed by atoms with van der Waals surface area (Å²) in [5.74, 6) is 6.11. The van der Waals surface area contributed by atoms with E-state index in [9.17, 15) is 31.6 Å². The molecule has 10 nitrogen and oxygen atoms in total. The summed E-state index contributed by atoms with van der Waals surface area (Å²) in [5, 5.41) is 10.7. The maximum Gasteiger partial charge on any atom is 0.416 e. The van der Waals surface area contributed by atoms with Crippen LogP contribution < -0.4 is 16.5 Å². The summed E-state index contributed by atoms with van der Waals surface area (Å²) in [7, 11) is -1.23. The first-order chi connectivity index (χ1) is 18.8. The summed E-state index contributed by atoms with van der Waals surface area (Å²) in [4.78, 5) is 14.5. The van der Waals surface area contributed by atoms with E-state index in [0.29, 0.717) is 18.4 Å². The van der Waals surface area contributed by atoms with E-state index in [1.165, 1.54) is 50.6 Å². The number of nitrogens with zero attached hydrogens (tertiary/aromatic N) is 4. The predicted octanol–water partition coefficient (Wildman–Crippen LogP) is 4.39.